The van der Waals surface area contributed by atoms with E-state index in [9.17, 15) is 26.3 Å². The topological polar surface area (TPSA) is 24.1 Å². The molecule has 0 radical (unpaired) electrons. The van der Waals surface area contributed by atoms with Crippen LogP contribution in [0.15, 0.2) is 36.4 Å². The van der Waals surface area contributed by atoms with E-state index in [0.29, 0.717) is 12.1 Å². The minimum Gasteiger partial charge on any atom is -0.358 e. The molecule has 27 heavy (non-hydrogen) atoms. The normalized spacial score (nSPS) is 12.0. The first-order valence-electron chi connectivity index (χ1n) is 7.77. The highest BCUT2D eigenvalue weighted by Gasteiger charge is 2.37. The van der Waals surface area contributed by atoms with Gasteiger partial charge in [-0.2, -0.15) is 26.3 Å². The first-order valence-corrected chi connectivity index (χ1v) is 8.17. The Bertz CT molecular complexity index is 810. The van der Waals surface area contributed by atoms with Crippen molar-refractivity contribution in [3.63, 3.8) is 0 Å². The minimum atomic E-state index is -4.91. The summed E-state index contributed by atoms with van der Waals surface area (Å²) >= 11 is 4.98. The van der Waals surface area contributed by atoms with Gasteiger partial charge in [-0.3, -0.25) is 0 Å². The number of nitrogens with one attached hydrogen (secondary N) is 2. The number of hydrogen-bond donors (Lipinski definition) is 2. The first kappa shape index (κ1) is 21.0. The van der Waals surface area contributed by atoms with Crippen LogP contribution in [0.25, 0.3) is 0 Å². The van der Waals surface area contributed by atoms with E-state index in [0.717, 1.165) is 16.7 Å². The number of anilines is 1. The lowest BCUT2D eigenvalue weighted by Gasteiger charge is -2.16. The van der Waals surface area contributed by atoms with Gasteiger partial charge in [0, 0.05) is 12.2 Å². The number of aryl methyl sites for hydroxylation is 2. The van der Waals surface area contributed by atoms with Crippen molar-refractivity contribution in [3.05, 3.63) is 64.2 Å². The second-order valence-corrected chi connectivity index (χ2v) is 6.43. The van der Waals surface area contributed by atoms with Crippen molar-refractivity contribution >= 4 is 23.0 Å². The highest BCUT2D eigenvalue weighted by Crippen LogP contribution is 2.37. The van der Waals surface area contributed by atoms with E-state index in [2.05, 4.69) is 10.6 Å². The molecule has 2 nitrogen and oxygen atoms in total. The van der Waals surface area contributed by atoms with Crippen molar-refractivity contribution in [1.29, 1.82) is 0 Å². The van der Waals surface area contributed by atoms with Gasteiger partial charge in [0.05, 0.1) is 11.1 Å². The molecule has 0 aliphatic heterocycles. The molecule has 146 valence electrons. The molecule has 0 aliphatic rings. The summed E-state index contributed by atoms with van der Waals surface area (Å²) in [6, 6.07) is 6.90. The molecule has 0 spiro atoms. The number of halogens is 6. The highest BCUT2D eigenvalue weighted by atomic mass is 32.1. The summed E-state index contributed by atoms with van der Waals surface area (Å²) < 4.78 is 77.2. The van der Waals surface area contributed by atoms with E-state index < -0.39 is 29.2 Å². The molecule has 0 saturated carbocycles. The first-order chi connectivity index (χ1) is 12.4. The van der Waals surface area contributed by atoms with E-state index in [4.69, 9.17) is 12.2 Å². The number of hydrogen-bond acceptors (Lipinski definition) is 1. The average Bonchev–Trinajstić information content (AvgIpc) is 2.54. The molecular weight excluding hydrogens is 390 g/mol. The Morgan fingerprint density at radius 1 is 0.852 bits per heavy atom. The Kier molecular flexibility index (Phi) is 6.04. The van der Waals surface area contributed by atoms with Crippen molar-refractivity contribution in [1.82, 2.24) is 5.32 Å². The molecule has 0 aliphatic carbocycles. The molecule has 2 aromatic carbocycles. The van der Waals surface area contributed by atoms with Crippen molar-refractivity contribution in [3.8, 4) is 0 Å². The molecule has 9 heteroatoms. The summed E-state index contributed by atoms with van der Waals surface area (Å²) in [5, 5.41) is 5.07. The van der Waals surface area contributed by atoms with Crippen molar-refractivity contribution in [2.24, 2.45) is 0 Å². The van der Waals surface area contributed by atoms with Gasteiger partial charge in [-0.15, -0.1) is 0 Å². The molecule has 0 heterocycles. The Morgan fingerprint density at radius 3 is 1.89 bits per heavy atom. The number of thiocarbonyl (C=S) groups is 1. The summed E-state index contributed by atoms with van der Waals surface area (Å²) in [6.45, 7) is 4.15. The molecule has 2 aromatic rings. The summed E-state index contributed by atoms with van der Waals surface area (Å²) in [4.78, 5) is 0. The minimum absolute atomic E-state index is 0.0662. The zero-order chi connectivity index (χ0) is 20.4. The lowest BCUT2D eigenvalue weighted by molar-refractivity contribution is -0.143. The number of alkyl halides is 6. The molecule has 0 saturated heterocycles. The predicted octanol–water partition coefficient (Wildman–Crippen LogP) is 5.83. The van der Waals surface area contributed by atoms with Crippen molar-refractivity contribution in [2.45, 2.75) is 32.7 Å². The van der Waals surface area contributed by atoms with Gasteiger partial charge >= 0.3 is 12.4 Å². The fraction of sp³-hybridized carbons (Fsp3) is 0.278. The summed E-state index contributed by atoms with van der Waals surface area (Å²) in [5.41, 5.74) is -0.172. The molecule has 0 unspecified atom stereocenters. The van der Waals surface area contributed by atoms with Gasteiger partial charge < -0.3 is 10.6 Å². The van der Waals surface area contributed by atoms with Crippen LogP contribution in [-0.2, 0) is 18.9 Å². The third-order valence-corrected chi connectivity index (χ3v) is 4.12. The van der Waals surface area contributed by atoms with Crippen LogP contribution in [0.1, 0.15) is 27.8 Å². The van der Waals surface area contributed by atoms with E-state index >= 15 is 0 Å². The Hall–Kier alpha value is -2.29. The highest BCUT2D eigenvalue weighted by molar-refractivity contribution is 7.80. The lowest BCUT2D eigenvalue weighted by Crippen LogP contribution is -2.28. The maximum Gasteiger partial charge on any atom is 0.416 e. The van der Waals surface area contributed by atoms with Gasteiger partial charge in [-0.05, 0) is 61.0 Å². The number of benzene rings is 2. The van der Waals surface area contributed by atoms with Gasteiger partial charge in [0.25, 0.3) is 0 Å². The second-order valence-electron chi connectivity index (χ2n) is 6.02. The van der Waals surface area contributed by atoms with Crippen LogP contribution in [0.3, 0.4) is 0 Å². The van der Waals surface area contributed by atoms with Crippen LogP contribution >= 0.6 is 12.2 Å². The Morgan fingerprint density at radius 2 is 1.41 bits per heavy atom. The van der Waals surface area contributed by atoms with E-state index in [1.54, 1.807) is 0 Å². The Labute approximate surface area is 157 Å². The van der Waals surface area contributed by atoms with Gasteiger partial charge in [-0.25, -0.2) is 0 Å². The Balaban J connectivity index is 2.15. The standard InChI is InChI=1S/C18H16F6N2S/c1-10-3-4-12(5-11(10)2)9-25-16(27)26-15-7-13(17(19,20)21)6-14(8-15)18(22,23)24/h3-8H,9H2,1-2H3,(H2,25,26,27). The van der Waals surface area contributed by atoms with Gasteiger partial charge in [0.15, 0.2) is 5.11 Å². The molecule has 2 N–H and O–H groups in total. The third-order valence-electron chi connectivity index (χ3n) is 3.87. The predicted molar refractivity (Wildman–Crippen MR) is 95.4 cm³/mol. The molecule has 0 amide bonds. The van der Waals surface area contributed by atoms with E-state index in [-0.39, 0.29) is 17.7 Å². The molecule has 0 bridgehead atoms. The van der Waals surface area contributed by atoms with Gasteiger partial charge in [0.2, 0.25) is 0 Å². The molecule has 2 rings (SSSR count). The van der Waals surface area contributed by atoms with E-state index in [1.165, 1.54) is 0 Å². The maximum atomic E-state index is 12.9. The fourth-order valence-corrected chi connectivity index (χ4v) is 2.49. The zero-order valence-electron chi connectivity index (χ0n) is 14.3. The number of rotatable bonds is 3. The van der Waals surface area contributed by atoms with Gasteiger partial charge in [-0.1, -0.05) is 18.2 Å². The van der Waals surface area contributed by atoms with Crippen LogP contribution < -0.4 is 10.6 Å². The smallest absolute Gasteiger partial charge is 0.358 e. The summed E-state index contributed by atoms with van der Waals surface area (Å²) in [6.07, 6.45) is -9.82. The monoisotopic (exact) mass is 406 g/mol. The largest absolute Gasteiger partial charge is 0.416 e. The zero-order valence-corrected chi connectivity index (χ0v) is 15.2. The van der Waals surface area contributed by atoms with Crippen molar-refractivity contribution < 1.29 is 26.3 Å². The molecular formula is C18H16F6N2S. The fourth-order valence-electron chi connectivity index (χ4n) is 2.30. The molecule has 0 aromatic heterocycles. The average molecular weight is 406 g/mol. The second kappa shape index (κ2) is 7.75. The van der Waals surface area contributed by atoms with Crippen molar-refractivity contribution in [2.75, 3.05) is 5.32 Å². The van der Waals surface area contributed by atoms with Gasteiger partial charge in [0.1, 0.15) is 0 Å². The summed E-state index contributed by atoms with van der Waals surface area (Å²) in [5.74, 6) is 0. The van der Waals surface area contributed by atoms with E-state index in [1.807, 2.05) is 32.0 Å². The molecule has 0 fully saturated rings. The lowest BCUT2D eigenvalue weighted by atomic mass is 10.1. The van der Waals surface area contributed by atoms with Crippen LogP contribution in [0.2, 0.25) is 0 Å². The molecule has 0 atom stereocenters. The van der Waals surface area contributed by atoms with Crippen LogP contribution in [0, 0.1) is 13.8 Å². The summed E-state index contributed by atoms with van der Waals surface area (Å²) in [7, 11) is 0. The SMILES string of the molecule is Cc1ccc(CNC(=S)Nc2cc(C(F)(F)F)cc(C(F)(F)F)c2)cc1C. The van der Waals surface area contributed by atoms with Crippen LogP contribution in [-0.4, -0.2) is 5.11 Å². The maximum absolute atomic E-state index is 12.9. The van der Waals surface area contributed by atoms with Crippen LogP contribution in [0.5, 0.6) is 0 Å². The quantitative estimate of drug-likeness (QED) is 0.496. The third kappa shape index (κ3) is 5.85. The van der Waals surface area contributed by atoms with Crippen LogP contribution in [0.4, 0.5) is 32.0 Å².